The van der Waals surface area contributed by atoms with E-state index in [0.29, 0.717) is 12.8 Å². The van der Waals surface area contributed by atoms with Crippen LogP contribution in [0.1, 0.15) is 12.8 Å². The van der Waals surface area contributed by atoms with Crippen LogP contribution in [-0.4, -0.2) is 26.0 Å². The highest BCUT2D eigenvalue weighted by molar-refractivity contribution is 7.91. The molecule has 0 aromatic heterocycles. The molecule has 0 aromatic rings. The van der Waals surface area contributed by atoms with E-state index in [1.807, 2.05) is 0 Å². The average Bonchev–Trinajstić information content (AvgIpc) is 2.40. The molecule has 0 N–H and O–H groups in total. The van der Waals surface area contributed by atoms with Crippen molar-refractivity contribution >= 4 is 15.9 Å². The molecule has 70 valence electrons. The lowest BCUT2D eigenvalue weighted by molar-refractivity contribution is 0.565. The number of hydrogen-bond acceptors (Lipinski definition) is 4. The van der Waals surface area contributed by atoms with Crippen molar-refractivity contribution in [2.75, 3.05) is 11.5 Å². The van der Waals surface area contributed by atoms with Crippen molar-refractivity contribution in [3.63, 3.8) is 0 Å². The molecule has 4 nitrogen and oxygen atoms in total. The van der Waals surface area contributed by atoms with Crippen molar-refractivity contribution < 1.29 is 13.2 Å². The third-order valence-corrected chi connectivity index (χ3v) is 3.74. The fourth-order valence-corrected chi connectivity index (χ4v) is 3.15. The standard InChI is InChI=1S/C8H9NO3S/c10-7-9-4-1-2-8-3-5-13(11,12)6-8/h8H,2-3,5-6H2. The van der Waals surface area contributed by atoms with Gasteiger partial charge in [0, 0.05) is 12.5 Å². The largest absolute Gasteiger partial charge is 0.249 e. The highest BCUT2D eigenvalue weighted by Crippen LogP contribution is 2.20. The van der Waals surface area contributed by atoms with E-state index >= 15 is 0 Å². The second kappa shape index (κ2) is 4.22. The molecule has 5 heteroatoms. The third-order valence-electron chi connectivity index (χ3n) is 1.90. The summed E-state index contributed by atoms with van der Waals surface area (Å²) in [5.41, 5.74) is 0. The Bertz CT molecular complexity index is 381. The molecule has 0 saturated carbocycles. The molecule has 0 aromatic carbocycles. The highest BCUT2D eigenvalue weighted by atomic mass is 32.2. The van der Waals surface area contributed by atoms with Crippen LogP contribution in [0, 0.1) is 17.9 Å². The van der Waals surface area contributed by atoms with Gasteiger partial charge in [0.2, 0.25) is 6.08 Å². The van der Waals surface area contributed by atoms with Crippen LogP contribution in [0.4, 0.5) is 0 Å². The maximum absolute atomic E-state index is 11.0. The first-order valence-corrected chi connectivity index (χ1v) is 5.71. The highest BCUT2D eigenvalue weighted by Gasteiger charge is 2.26. The first-order chi connectivity index (χ1) is 6.14. The van der Waals surface area contributed by atoms with E-state index < -0.39 is 9.84 Å². The molecular formula is C8H9NO3S. The first-order valence-electron chi connectivity index (χ1n) is 3.89. The minimum atomic E-state index is -2.81. The minimum Gasteiger partial charge on any atom is -0.229 e. The number of carbonyl (C=O) groups excluding carboxylic acids is 1. The summed E-state index contributed by atoms with van der Waals surface area (Å²) in [5.74, 6) is 3.21. The summed E-state index contributed by atoms with van der Waals surface area (Å²) in [5, 5.41) is 0. The lowest BCUT2D eigenvalue weighted by atomic mass is 10.1. The van der Waals surface area contributed by atoms with Gasteiger partial charge in [-0.2, -0.15) is 0 Å². The first kappa shape index (κ1) is 9.97. The summed E-state index contributed by atoms with van der Waals surface area (Å²) in [6, 6.07) is 2.25. The summed E-state index contributed by atoms with van der Waals surface area (Å²) < 4.78 is 22.0. The second-order valence-electron chi connectivity index (χ2n) is 2.96. The zero-order valence-corrected chi connectivity index (χ0v) is 7.80. The molecule has 1 aliphatic rings. The van der Waals surface area contributed by atoms with Crippen molar-refractivity contribution in [3.8, 4) is 12.0 Å². The van der Waals surface area contributed by atoms with Crippen LogP contribution in [0.15, 0.2) is 4.99 Å². The molecule has 1 aliphatic heterocycles. The summed E-state index contributed by atoms with van der Waals surface area (Å²) >= 11 is 0. The van der Waals surface area contributed by atoms with Crippen LogP contribution < -0.4 is 0 Å². The van der Waals surface area contributed by atoms with Crippen LogP contribution in [0.3, 0.4) is 0 Å². The fraction of sp³-hybridized carbons (Fsp3) is 0.625. The summed E-state index contributed by atoms with van der Waals surface area (Å²) in [7, 11) is -2.81. The number of hydrogen-bond donors (Lipinski definition) is 0. The van der Waals surface area contributed by atoms with Gasteiger partial charge in [-0.3, -0.25) is 0 Å². The molecule has 0 spiro atoms. The minimum absolute atomic E-state index is 0.111. The zero-order chi connectivity index (χ0) is 9.73. The smallest absolute Gasteiger partial charge is 0.229 e. The summed E-state index contributed by atoms with van der Waals surface area (Å²) in [6.07, 6.45) is 2.45. The molecule has 1 unspecified atom stereocenters. The van der Waals surface area contributed by atoms with Gasteiger partial charge in [-0.15, -0.1) is 4.99 Å². The number of sulfone groups is 1. The Balaban J connectivity index is 2.43. The van der Waals surface area contributed by atoms with Gasteiger partial charge in [-0.25, -0.2) is 13.2 Å². The van der Waals surface area contributed by atoms with Crippen molar-refractivity contribution in [1.82, 2.24) is 0 Å². The van der Waals surface area contributed by atoms with E-state index in [9.17, 15) is 13.2 Å². The van der Waals surface area contributed by atoms with E-state index in [0.717, 1.165) is 0 Å². The average molecular weight is 199 g/mol. The van der Waals surface area contributed by atoms with Gasteiger partial charge < -0.3 is 0 Å². The Morgan fingerprint density at radius 2 is 2.23 bits per heavy atom. The van der Waals surface area contributed by atoms with Crippen molar-refractivity contribution in [2.24, 2.45) is 10.9 Å². The van der Waals surface area contributed by atoms with Gasteiger partial charge in [-0.05, 0) is 12.3 Å². The van der Waals surface area contributed by atoms with Crippen molar-refractivity contribution in [2.45, 2.75) is 12.8 Å². The van der Waals surface area contributed by atoms with Gasteiger partial charge >= 0.3 is 0 Å². The van der Waals surface area contributed by atoms with Crippen molar-refractivity contribution in [1.29, 1.82) is 0 Å². The second-order valence-corrected chi connectivity index (χ2v) is 5.19. The molecule has 0 bridgehead atoms. The molecule has 0 radical (unpaired) electrons. The van der Waals surface area contributed by atoms with Crippen LogP contribution >= 0.6 is 0 Å². The zero-order valence-electron chi connectivity index (χ0n) is 6.99. The Hall–Kier alpha value is -1.11. The number of isocyanates is 1. The molecule has 1 saturated heterocycles. The SMILES string of the molecule is O=C=NC#CCC1CCS(=O)(=O)C1. The molecule has 13 heavy (non-hydrogen) atoms. The van der Waals surface area contributed by atoms with Crippen LogP contribution in [0.5, 0.6) is 0 Å². The van der Waals surface area contributed by atoms with E-state index in [4.69, 9.17) is 0 Å². The number of rotatable bonds is 1. The number of nitrogens with zero attached hydrogens (tertiary/aromatic N) is 1. The molecular weight excluding hydrogens is 190 g/mol. The van der Waals surface area contributed by atoms with Gasteiger partial charge in [-0.1, -0.05) is 5.92 Å². The number of aliphatic imine (C=N–C) groups is 1. The van der Waals surface area contributed by atoms with E-state index in [1.54, 1.807) is 0 Å². The Morgan fingerprint density at radius 3 is 2.77 bits per heavy atom. The predicted molar refractivity (Wildman–Crippen MR) is 47.3 cm³/mol. The fourth-order valence-electron chi connectivity index (χ4n) is 1.29. The molecule has 0 amide bonds. The normalized spacial score (nSPS) is 24.2. The molecule has 1 rings (SSSR count). The molecule has 0 aliphatic carbocycles. The van der Waals surface area contributed by atoms with E-state index in [2.05, 4.69) is 17.0 Å². The Kier molecular flexibility index (Phi) is 3.24. The van der Waals surface area contributed by atoms with Crippen LogP contribution in [0.2, 0.25) is 0 Å². The third kappa shape index (κ3) is 3.41. The maximum Gasteiger partial charge on any atom is 0.249 e. The molecule has 1 heterocycles. The molecule has 1 atom stereocenters. The molecule has 1 fully saturated rings. The lowest BCUT2D eigenvalue weighted by Crippen LogP contribution is -2.03. The van der Waals surface area contributed by atoms with E-state index in [1.165, 1.54) is 6.08 Å². The topological polar surface area (TPSA) is 63.6 Å². The maximum atomic E-state index is 11.0. The van der Waals surface area contributed by atoms with Gasteiger partial charge in [0.25, 0.3) is 0 Å². The predicted octanol–water partition coefficient (Wildman–Crippen LogP) is 0.108. The van der Waals surface area contributed by atoms with Crippen LogP contribution in [-0.2, 0) is 14.6 Å². The van der Waals surface area contributed by atoms with Gasteiger partial charge in [0.05, 0.1) is 11.5 Å². The van der Waals surface area contributed by atoms with Gasteiger partial charge in [0.1, 0.15) is 0 Å². The Labute approximate surface area is 77.0 Å². The van der Waals surface area contributed by atoms with E-state index in [-0.39, 0.29) is 17.4 Å². The summed E-state index contributed by atoms with van der Waals surface area (Å²) in [6.45, 7) is 0. The van der Waals surface area contributed by atoms with Crippen LogP contribution in [0.25, 0.3) is 0 Å². The lowest BCUT2D eigenvalue weighted by Gasteiger charge is -1.98. The van der Waals surface area contributed by atoms with Gasteiger partial charge in [0.15, 0.2) is 9.84 Å². The summed E-state index contributed by atoms with van der Waals surface area (Å²) in [4.78, 5) is 12.7. The quantitative estimate of drug-likeness (QED) is 0.342. The van der Waals surface area contributed by atoms with Crippen molar-refractivity contribution in [3.05, 3.63) is 0 Å². The monoisotopic (exact) mass is 199 g/mol. The Morgan fingerprint density at radius 1 is 1.46 bits per heavy atom.